The van der Waals surface area contributed by atoms with Gasteiger partial charge in [-0.25, -0.2) is 28.5 Å². The molecule has 2 aromatic carbocycles. The van der Waals surface area contributed by atoms with Crippen LogP contribution in [0.3, 0.4) is 0 Å². The van der Waals surface area contributed by atoms with Crippen molar-refractivity contribution in [1.82, 2.24) is 30.5 Å². The zero-order chi connectivity index (χ0) is 65.0. The summed E-state index contributed by atoms with van der Waals surface area (Å²) in [4.78, 5) is 107. The van der Waals surface area contributed by atoms with E-state index < -0.39 is 66.5 Å². The monoisotopic (exact) mass is 1320 g/mol. The summed E-state index contributed by atoms with van der Waals surface area (Å²) >= 11 is 0. The van der Waals surface area contributed by atoms with Crippen LogP contribution in [0.5, 0.6) is 5.75 Å². The number of aromatic nitrogens is 3. The highest BCUT2D eigenvalue weighted by molar-refractivity contribution is 7.66. The number of aliphatic hydroxyl groups is 2. The Kier molecular flexibility index (Phi) is 26.0. The van der Waals surface area contributed by atoms with E-state index in [0.29, 0.717) is 101 Å². The predicted molar refractivity (Wildman–Crippen MR) is 313 cm³/mol. The average Bonchev–Trinajstić information content (AvgIpc) is 1.17. The number of aliphatic hydroxyl groups excluding tert-OH is 2. The number of carboxylic acid groups (broad SMARTS) is 1. The van der Waals surface area contributed by atoms with Crippen molar-refractivity contribution in [2.24, 2.45) is 0 Å². The van der Waals surface area contributed by atoms with Crippen LogP contribution < -0.4 is 27.1 Å². The molecule has 13 N–H and O–H groups in total. The number of ether oxygens (including phenoxy) is 6. The standard InChI is InChI=1S/C54H66N7O26P3/c55-50-46-34(30-61(51(46)60-32-59-50)53-49(67)48(66)43(85-53)31-83-89(74,75)87-90(76,77)86-88(71,72)73)5-4-15-56-45(65)13-17-78-19-21-80-23-25-82-26-24-81-22-20-79-18-16-57-44(64)6-2-1-3-14-58-52(68)33-7-10-37(40(27-33)54(69)70)47-38-11-8-35(62)28-41(38)84-42-29-36(63)9-12-39(42)47/h7-12,27-30,32,43,48-49,53,62,66-67H,1-3,6,13-26,31H2,(H,56,65)(H,57,64)(H,58,68)(H,69,70)(H,74,75)(H,76,77)(H2,55,59,60)(H2,71,72,73)/t43-,48-,49-,53-/m1/s1. The second kappa shape index (κ2) is 33.3. The molecule has 1 aliphatic carbocycles. The number of aromatic hydroxyl groups is 1. The molecular formula is C54H66N7O26P3. The van der Waals surface area contributed by atoms with Crippen LogP contribution in [0, 0.1) is 11.8 Å². The van der Waals surface area contributed by atoms with Gasteiger partial charge in [-0.1, -0.05) is 24.3 Å². The van der Waals surface area contributed by atoms with E-state index in [0.717, 1.165) is 6.33 Å². The lowest BCUT2D eigenvalue weighted by molar-refractivity contribution is -0.122. The average molecular weight is 1320 g/mol. The van der Waals surface area contributed by atoms with E-state index in [9.17, 15) is 67.9 Å². The number of nitrogen functional groups attached to an aromatic ring is 1. The molecule has 0 spiro atoms. The fourth-order valence-corrected chi connectivity index (χ4v) is 12.0. The second-order valence-electron chi connectivity index (χ2n) is 19.5. The maximum Gasteiger partial charge on any atom is 0.490 e. The lowest BCUT2D eigenvalue weighted by Gasteiger charge is -2.19. The number of carbonyl (C=O) groups excluding carboxylic acids is 3. The first-order valence-electron chi connectivity index (χ1n) is 27.6. The number of phenolic OH excluding ortho intramolecular Hbond substituents is 1. The van der Waals surface area contributed by atoms with Crippen LogP contribution in [0.2, 0.25) is 0 Å². The third-order valence-corrected chi connectivity index (χ3v) is 16.8. The minimum absolute atomic E-state index is 0.0149. The first-order valence-corrected chi connectivity index (χ1v) is 32.1. The molecule has 6 atom stereocenters. The zero-order valence-corrected chi connectivity index (χ0v) is 50.5. The molecule has 0 radical (unpaired) electrons. The molecule has 2 unspecified atom stereocenters. The number of fused-ring (bicyclic) bond motifs is 3. The summed E-state index contributed by atoms with van der Waals surface area (Å²) in [6.45, 7) is 2.22. The van der Waals surface area contributed by atoms with E-state index in [1.165, 1.54) is 53.2 Å². The lowest BCUT2D eigenvalue weighted by atomic mass is 9.90. The van der Waals surface area contributed by atoms with Gasteiger partial charge in [0.2, 0.25) is 11.8 Å². The van der Waals surface area contributed by atoms with Crippen LogP contribution in [0.25, 0.3) is 44.5 Å². The fourth-order valence-electron chi connectivity index (χ4n) is 8.95. The summed E-state index contributed by atoms with van der Waals surface area (Å²) in [7, 11) is -17.0. The van der Waals surface area contributed by atoms with Gasteiger partial charge in [-0.2, -0.15) is 8.62 Å². The quantitative estimate of drug-likeness (QED) is 0.0116. The molecule has 36 heteroatoms. The van der Waals surface area contributed by atoms with Crippen LogP contribution in [0.4, 0.5) is 5.82 Å². The zero-order valence-electron chi connectivity index (χ0n) is 47.8. The number of hydrogen-bond acceptors (Lipinski definition) is 24. The maximum absolute atomic E-state index is 13.1. The molecule has 7 rings (SSSR count). The summed E-state index contributed by atoms with van der Waals surface area (Å²) in [5, 5.41) is 50.7. The van der Waals surface area contributed by atoms with E-state index in [4.69, 9.17) is 48.4 Å². The molecule has 2 aliphatic heterocycles. The molecule has 4 heterocycles. The number of nitrogens with one attached hydrogen (secondary N) is 3. The highest BCUT2D eigenvalue weighted by Crippen LogP contribution is 2.66. The molecule has 90 heavy (non-hydrogen) atoms. The number of amides is 3. The van der Waals surface area contributed by atoms with Crippen molar-refractivity contribution in [3.05, 3.63) is 94.0 Å². The maximum atomic E-state index is 13.1. The first-order chi connectivity index (χ1) is 42.9. The number of anilines is 1. The van der Waals surface area contributed by atoms with Gasteiger partial charge < -0.3 is 99.1 Å². The number of phenols is 1. The van der Waals surface area contributed by atoms with Crippen molar-refractivity contribution in [2.75, 3.05) is 98.0 Å². The van der Waals surface area contributed by atoms with E-state index in [-0.39, 0.29) is 107 Å². The minimum atomic E-state index is -5.82. The Morgan fingerprint density at radius 1 is 0.711 bits per heavy atom. The van der Waals surface area contributed by atoms with Gasteiger partial charge in [-0.05, 0) is 54.8 Å². The normalized spacial score (nSPS) is 17.2. The van der Waals surface area contributed by atoms with Crippen LogP contribution in [0.1, 0.15) is 64.6 Å². The van der Waals surface area contributed by atoms with Gasteiger partial charge in [-0.15, -0.1) is 0 Å². The van der Waals surface area contributed by atoms with Crippen LogP contribution in [-0.2, 0) is 64.9 Å². The van der Waals surface area contributed by atoms with E-state index in [1.54, 1.807) is 12.1 Å². The predicted octanol–water partition coefficient (Wildman–Crippen LogP) is 2.31. The van der Waals surface area contributed by atoms with Crippen molar-refractivity contribution in [1.29, 1.82) is 0 Å². The highest BCUT2D eigenvalue weighted by atomic mass is 31.3. The number of rotatable bonds is 36. The molecule has 488 valence electrons. The third kappa shape index (κ3) is 21.0. The fraction of sp³-hybridized carbons (Fsp3) is 0.426. The van der Waals surface area contributed by atoms with Crippen molar-refractivity contribution in [2.45, 2.75) is 56.6 Å². The molecular weight excluding hydrogens is 1260 g/mol. The van der Waals surface area contributed by atoms with Crippen LogP contribution >= 0.6 is 23.5 Å². The van der Waals surface area contributed by atoms with Gasteiger partial charge in [-0.3, -0.25) is 23.7 Å². The number of carbonyl (C=O) groups is 4. The topological polar surface area (TPSA) is 487 Å². The lowest BCUT2D eigenvalue weighted by Crippen LogP contribution is -2.33. The van der Waals surface area contributed by atoms with Gasteiger partial charge in [0.15, 0.2) is 11.7 Å². The van der Waals surface area contributed by atoms with Gasteiger partial charge in [0, 0.05) is 66.3 Å². The van der Waals surface area contributed by atoms with Crippen molar-refractivity contribution < 1.29 is 119 Å². The number of nitrogens with two attached hydrogens (primary N) is 1. The Labute approximate surface area is 511 Å². The molecule has 2 aromatic heterocycles. The highest BCUT2D eigenvalue weighted by Gasteiger charge is 2.47. The molecule has 0 saturated carbocycles. The van der Waals surface area contributed by atoms with Crippen molar-refractivity contribution >= 4 is 75.0 Å². The summed E-state index contributed by atoms with van der Waals surface area (Å²) in [6.07, 6.45) is -1.99. The Balaban J connectivity index is 0.663. The Hall–Kier alpha value is -7.12. The molecule has 0 bridgehead atoms. The summed E-state index contributed by atoms with van der Waals surface area (Å²) in [5.74, 6) is 3.45. The van der Waals surface area contributed by atoms with Gasteiger partial charge in [0.05, 0.1) is 95.7 Å². The summed E-state index contributed by atoms with van der Waals surface area (Å²) in [5.41, 5.74) is 7.55. The molecule has 1 saturated heterocycles. The number of nitrogens with zero attached hydrogens (tertiary/aromatic N) is 3. The molecule has 33 nitrogen and oxygen atoms in total. The number of aromatic carboxylic acids is 1. The van der Waals surface area contributed by atoms with Gasteiger partial charge in [0.25, 0.3) is 5.91 Å². The Morgan fingerprint density at radius 2 is 1.38 bits per heavy atom. The van der Waals surface area contributed by atoms with E-state index >= 15 is 0 Å². The van der Waals surface area contributed by atoms with Crippen molar-refractivity contribution in [3.8, 4) is 40.0 Å². The number of unbranched alkanes of at least 4 members (excludes halogenated alkanes) is 2. The minimum Gasteiger partial charge on any atom is -0.508 e. The van der Waals surface area contributed by atoms with E-state index in [1.807, 2.05) is 0 Å². The van der Waals surface area contributed by atoms with Gasteiger partial charge in [0.1, 0.15) is 53.2 Å². The summed E-state index contributed by atoms with van der Waals surface area (Å²) in [6, 6.07) is 12.9. The number of phosphoric acid groups is 3. The van der Waals surface area contributed by atoms with Gasteiger partial charge >= 0.3 is 29.4 Å². The Morgan fingerprint density at radius 3 is 2.07 bits per heavy atom. The number of carboxylic acids is 1. The number of hydrogen-bond donors (Lipinski definition) is 12. The van der Waals surface area contributed by atoms with Crippen LogP contribution in [0.15, 0.2) is 76.3 Å². The third-order valence-electron chi connectivity index (χ3n) is 13.0. The number of phosphoric ester groups is 1. The van der Waals surface area contributed by atoms with Crippen LogP contribution in [-0.4, -0.2) is 189 Å². The SMILES string of the molecule is Nc1ncnc2c1c(C#CCNC(=O)CCOCCOCCOCCOCCOCCNC(=O)CCCCCNC(=O)c1ccc(-c3c4ccc(=O)cc-4oc4cc(O)ccc34)c(C(=O)O)c1)cn2[C@@H]1O[C@H](COP(=O)(O)OP(=O)(O)OP(=O)(O)O)[C@@H](O)[C@H]1O. The summed E-state index contributed by atoms with van der Waals surface area (Å²) < 4.78 is 86.8. The first kappa shape index (κ1) is 70.3. The molecule has 4 aromatic rings. The van der Waals surface area contributed by atoms with Crippen molar-refractivity contribution in [3.63, 3.8) is 0 Å². The smallest absolute Gasteiger partial charge is 0.490 e. The Bertz CT molecular complexity index is 3720. The molecule has 1 fully saturated rings. The molecule has 3 aliphatic rings. The van der Waals surface area contributed by atoms with E-state index in [2.05, 4.69) is 50.9 Å². The molecule has 3 amide bonds. The largest absolute Gasteiger partial charge is 0.508 e. The second-order valence-corrected chi connectivity index (χ2v) is 23.9. The number of benzene rings is 3.